The predicted molar refractivity (Wildman–Crippen MR) is 103 cm³/mol. The van der Waals surface area contributed by atoms with Crippen molar-refractivity contribution in [1.29, 1.82) is 0 Å². The van der Waals surface area contributed by atoms with Crippen molar-refractivity contribution in [2.75, 3.05) is 24.7 Å². The lowest BCUT2D eigenvalue weighted by molar-refractivity contribution is -0.256. The molecule has 0 aliphatic carbocycles. The van der Waals surface area contributed by atoms with E-state index in [0.717, 1.165) is 41.0 Å². The van der Waals surface area contributed by atoms with Crippen molar-refractivity contribution in [3.63, 3.8) is 0 Å². The summed E-state index contributed by atoms with van der Waals surface area (Å²) in [7, 11) is 0. The monoisotopic (exact) mass is 367 g/mol. The van der Waals surface area contributed by atoms with Gasteiger partial charge in [0.25, 0.3) is 11.7 Å². The van der Waals surface area contributed by atoms with Gasteiger partial charge in [-0.05, 0) is 49.6 Å². The number of nitrogens with zero attached hydrogens (tertiary/aromatic N) is 1. The van der Waals surface area contributed by atoms with Gasteiger partial charge in [0.15, 0.2) is 0 Å². The Kier molecular flexibility index (Phi) is 4.89. The largest absolute Gasteiger partial charge is 0.494 e. The molecule has 0 atom stereocenters. The molecule has 0 aromatic heterocycles. The maximum absolute atomic E-state index is 13.3. The van der Waals surface area contributed by atoms with E-state index in [1.54, 1.807) is 4.90 Å². The molecule has 0 N–H and O–H groups in total. The van der Waals surface area contributed by atoms with Gasteiger partial charge in [0.05, 0.1) is 32.1 Å². The minimum absolute atomic E-state index is 0.144. The third-order valence-corrected chi connectivity index (χ3v) is 4.96. The molecule has 5 heteroatoms. The highest BCUT2D eigenvalue weighted by atomic mass is 16.7. The lowest BCUT2D eigenvalue weighted by atomic mass is 10.0. The Morgan fingerprint density at radius 3 is 2.56 bits per heavy atom. The number of hydrogen-bond acceptors (Lipinski definition) is 4. The number of hydrogen-bond donors (Lipinski definition) is 0. The fourth-order valence-electron chi connectivity index (χ4n) is 3.61. The maximum atomic E-state index is 13.3. The molecule has 2 aliphatic heterocycles. The molecule has 2 aliphatic rings. The smallest absolute Gasteiger partial charge is 0.292 e. The zero-order valence-corrected chi connectivity index (χ0v) is 15.9. The van der Waals surface area contributed by atoms with Crippen LogP contribution < -0.4 is 9.64 Å². The molecular weight excluding hydrogens is 342 g/mol. The summed E-state index contributed by atoms with van der Waals surface area (Å²) in [4.78, 5) is 15.1. The van der Waals surface area contributed by atoms with E-state index in [2.05, 4.69) is 6.92 Å². The highest BCUT2D eigenvalue weighted by molar-refractivity contribution is 6.06. The number of ether oxygens (including phenoxy) is 3. The van der Waals surface area contributed by atoms with Crippen molar-refractivity contribution in [3.05, 3.63) is 59.2 Å². The molecule has 1 saturated heterocycles. The van der Waals surface area contributed by atoms with Gasteiger partial charge in [-0.3, -0.25) is 4.79 Å². The van der Waals surface area contributed by atoms with E-state index in [9.17, 15) is 4.79 Å². The lowest BCUT2D eigenvalue weighted by Crippen LogP contribution is -2.47. The molecule has 1 spiro atoms. The van der Waals surface area contributed by atoms with Crippen LogP contribution in [0.4, 0.5) is 5.69 Å². The average molecular weight is 367 g/mol. The molecule has 27 heavy (non-hydrogen) atoms. The van der Waals surface area contributed by atoms with Gasteiger partial charge >= 0.3 is 0 Å². The first-order valence-corrected chi connectivity index (χ1v) is 9.57. The molecule has 0 saturated carbocycles. The lowest BCUT2D eigenvalue weighted by Gasteiger charge is -2.32. The number of amides is 1. The second-order valence-electron chi connectivity index (χ2n) is 7.07. The molecule has 142 valence electrons. The van der Waals surface area contributed by atoms with Gasteiger partial charge in [0.2, 0.25) is 0 Å². The third-order valence-electron chi connectivity index (χ3n) is 4.96. The number of aryl methyl sites for hydroxylation is 1. The summed E-state index contributed by atoms with van der Waals surface area (Å²) in [6, 6.07) is 13.9. The standard InChI is InChI=1S/C22H25NO4/c1-3-11-25-18-8-6-17(7-9-18)15-23-20-10-5-16(2)14-19(20)22(21(23)24)26-12-4-13-27-22/h5-10,14H,3-4,11-13,15H2,1-2H3. The molecule has 4 rings (SSSR count). The molecule has 2 heterocycles. The maximum Gasteiger partial charge on any atom is 0.292 e. The van der Waals surface area contributed by atoms with Gasteiger partial charge in [-0.2, -0.15) is 0 Å². The van der Waals surface area contributed by atoms with Crippen molar-refractivity contribution in [1.82, 2.24) is 0 Å². The van der Waals surface area contributed by atoms with Crippen LogP contribution in [-0.2, 0) is 26.6 Å². The topological polar surface area (TPSA) is 48.0 Å². The van der Waals surface area contributed by atoms with Gasteiger partial charge in [-0.1, -0.05) is 30.7 Å². The Hall–Kier alpha value is -2.37. The summed E-state index contributed by atoms with van der Waals surface area (Å²) in [5.41, 5.74) is 3.79. The number of carbonyl (C=O) groups is 1. The Morgan fingerprint density at radius 1 is 1.11 bits per heavy atom. The van der Waals surface area contributed by atoms with Crippen LogP contribution in [0.3, 0.4) is 0 Å². The second-order valence-corrected chi connectivity index (χ2v) is 7.07. The minimum Gasteiger partial charge on any atom is -0.494 e. The minimum atomic E-state index is -1.29. The van der Waals surface area contributed by atoms with Crippen molar-refractivity contribution in [2.24, 2.45) is 0 Å². The third kappa shape index (κ3) is 3.22. The van der Waals surface area contributed by atoms with Crippen LogP contribution in [0, 0.1) is 6.92 Å². The van der Waals surface area contributed by atoms with E-state index in [0.29, 0.717) is 26.4 Å². The van der Waals surface area contributed by atoms with Crippen LogP contribution in [0.25, 0.3) is 0 Å². The van der Waals surface area contributed by atoms with Gasteiger partial charge < -0.3 is 19.1 Å². The first kappa shape index (κ1) is 18.0. The number of rotatable bonds is 5. The Labute approximate surface area is 159 Å². The summed E-state index contributed by atoms with van der Waals surface area (Å²) >= 11 is 0. The van der Waals surface area contributed by atoms with Crippen molar-refractivity contribution in [3.8, 4) is 5.75 Å². The van der Waals surface area contributed by atoms with Crippen LogP contribution in [-0.4, -0.2) is 25.7 Å². The highest BCUT2D eigenvalue weighted by Crippen LogP contribution is 2.46. The van der Waals surface area contributed by atoms with Crippen molar-refractivity contribution in [2.45, 2.75) is 39.0 Å². The van der Waals surface area contributed by atoms with Crippen LogP contribution in [0.2, 0.25) is 0 Å². The molecule has 1 amide bonds. The van der Waals surface area contributed by atoms with Crippen molar-refractivity contribution >= 4 is 11.6 Å². The van der Waals surface area contributed by atoms with Gasteiger partial charge in [0.1, 0.15) is 5.75 Å². The molecule has 2 aromatic rings. The fourth-order valence-corrected chi connectivity index (χ4v) is 3.61. The van der Waals surface area contributed by atoms with Crippen molar-refractivity contribution < 1.29 is 19.0 Å². The first-order valence-electron chi connectivity index (χ1n) is 9.57. The van der Waals surface area contributed by atoms with E-state index in [1.165, 1.54) is 0 Å². The Morgan fingerprint density at radius 2 is 1.85 bits per heavy atom. The van der Waals surface area contributed by atoms with Gasteiger partial charge in [0, 0.05) is 5.56 Å². The molecule has 1 fully saturated rings. The number of fused-ring (bicyclic) bond motifs is 2. The molecule has 0 bridgehead atoms. The molecular formula is C22H25NO4. The zero-order chi connectivity index (χ0) is 18.9. The summed E-state index contributed by atoms with van der Waals surface area (Å²) in [5.74, 6) is -0.585. The average Bonchev–Trinajstić information content (AvgIpc) is 2.90. The van der Waals surface area contributed by atoms with E-state index in [4.69, 9.17) is 14.2 Å². The van der Waals surface area contributed by atoms with E-state index in [1.807, 2.05) is 49.4 Å². The Balaban J connectivity index is 1.62. The summed E-state index contributed by atoms with van der Waals surface area (Å²) < 4.78 is 17.5. The highest BCUT2D eigenvalue weighted by Gasteiger charge is 2.54. The fraction of sp³-hybridized carbons (Fsp3) is 0.409. The summed E-state index contributed by atoms with van der Waals surface area (Å²) in [6.07, 6.45) is 1.78. The normalized spacial score (nSPS) is 18.0. The first-order chi connectivity index (χ1) is 13.1. The number of benzene rings is 2. The van der Waals surface area contributed by atoms with Crippen LogP contribution in [0.5, 0.6) is 5.75 Å². The number of anilines is 1. The SMILES string of the molecule is CCCOc1ccc(CN2C(=O)C3(OCCCO3)c3cc(C)ccc32)cc1. The quantitative estimate of drug-likeness (QED) is 0.804. The zero-order valence-electron chi connectivity index (χ0n) is 15.9. The number of carbonyl (C=O) groups excluding carboxylic acids is 1. The van der Waals surface area contributed by atoms with E-state index >= 15 is 0 Å². The Bertz CT molecular complexity index is 825. The van der Waals surface area contributed by atoms with E-state index < -0.39 is 5.79 Å². The molecule has 2 aromatic carbocycles. The molecule has 5 nitrogen and oxygen atoms in total. The van der Waals surface area contributed by atoms with Crippen LogP contribution >= 0.6 is 0 Å². The second kappa shape index (κ2) is 7.33. The molecule has 0 unspecified atom stereocenters. The van der Waals surface area contributed by atoms with E-state index in [-0.39, 0.29) is 5.91 Å². The van der Waals surface area contributed by atoms with Crippen LogP contribution in [0.1, 0.15) is 36.5 Å². The predicted octanol–water partition coefficient (Wildman–Crippen LogP) is 3.92. The van der Waals surface area contributed by atoms with Gasteiger partial charge in [-0.25, -0.2) is 0 Å². The summed E-state index contributed by atoms with van der Waals surface area (Å²) in [6.45, 7) is 6.31. The van der Waals surface area contributed by atoms with Gasteiger partial charge in [-0.15, -0.1) is 0 Å². The molecule has 0 radical (unpaired) electrons. The summed E-state index contributed by atoms with van der Waals surface area (Å²) in [5, 5.41) is 0. The van der Waals surface area contributed by atoms with Crippen LogP contribution in [0.15, 0.2) is 42.5 Å².